The average Bonchev–Trinajstić information content (AvgIpc) is 3.47. The topological polar surface area (TPSA) is 62.2 Å². The number of carbonyl (C=O) groups is 1. The van der Waals surface area contributed by atoms with Crippen molar-refractivity contribution in [3.8, 4) is 0 Å². The number of fused-ring (bicyclic) bond motifs is 2. The molecule has 3 aliphatic heterocycles. The van der Waals surface area contributed by atoms with E-state index in [1.807, 2.05) is 11.0 Å². The Hall–Kier alpha value is -2.02. The Balaban J connectivity index is 1.32. The number of halogens is 1. The van der Waals surface area contributed by atoms with Crippen molar-refractivity contribution in [3.05, 3.63) is 46.6 Å². The maximum Gasteiger partial charge on any atom is 0.256 e. The van der Waals surface area contributed by atoms with E-state index >= 15 is 0 Å². The normalized spacial score (nSPS) is 24.8. The Labute approximate surface area is 154 Å². The molecule has 4 aliphatic rings. The lowest BCUT2D eigenvalue weighted by molar-refractivity contribution is 0.00571. The first kappa shape index (κ1) is 15.3. The van der Waals surface area contributed by atoms with Crippen LogP contribution in [0.4, 0.5) is 5.82 Å². The van der Waals surface area contributed by atoms with Gasteiger partial charge < -0.3 is 9.80 Å². The first-order valence-corrected chi connectivity index (χ1v) is 9.48. The first-order chi connectivity index (χ1) is 12.2. The van der Waals surface area contributed by atoms with Gasteiger partial charge in [0, 0.05) is 47.6 Å². The van der Waals surface area contributed by atoms with Crippen molar-refractivity contribution < 1.29 is 4.79 Å². The molecule has 0 N–H and O–H groups in total. The number of carbonyl (C=O) groups excluding carboxylic acids is 1. The quantitative estimate of drug-likeness (QED) is 0.793. The summed E-state index contributed by atoms with van der Waals surface area (Å²) in [5, 5.41) is 0. The highest BCUT2D eigenvalue weighted by atomic mass is 79.9. The number of hydrogen-bond acceptors (Lipinski definition) is 5. The molecule has 0 radical (unpaired) electrons. The molecule has 1 aliphatic carbocycles. The number of amides is 1. The van der Waals surface area contributed by atoms with Crippen LogP contribution in [0.25, 0.3) is 0 Å². The number of pyridine rings is 1. The SMILES string of the molecule is O=C(c1cncc(Br)c1)N1C2CC1CN(c1cc(C3CC3)ncn1)C2. The summed E-state index contributed by atoms with van der Waals surface area (Å²) in [6.07, 6.45) is 8.58. The second kappa shape index (κ2) is 5.76. The molecule has 2 aromatic rings. The van der Waals surface area contributed by atoms with Gasteiger partial charge in [0.2, 0.25) is 0 Å². The predicted molar refractivity (Wildman–Crippen MR) is 96.5 cm³/mol. The van der Waals surface area contributed by atoms with E-state index in [0.29, 0.717) is 11.5 Å². The molecule has 4 fully saturated rings. The third-order valence-corrected chi connectivity index (χ3v) is 5.81. The number of hydrogen-bond donors (Lipinski definition) is 0. The highest BCUT2D eigenvalue weighted by Crippen LogP contribution is 2.40. The van der Waals surface area contributed by atoms with Gasteiger partial charge in [-0.1, -0.05) is 0 Å². The Bertz CT molecular complexity index is 828. The lowest BCUT2D eigenvalue weighted by Crippen LogP contribution is -2.70. The molecule has 1 amide bonds. The third kappa shape index (κ3) is 2.70. The number of anilines is 1. The van der Waals surface area contributed by atoms with Crippen molar-refractivity contribution in [3.63, 3.8) is 0 Å². The van der Waals surface area contributed by atoms with Crippen LogP contribution < -0.4 is 4.90 Å². The van der Waals surface area contributed by atoms with Crippen molar-refractivity contribution >= 4 is 27.7 Å². The highest BCUT2D eigenvalue weighted by molar-refractivity contribution is 9.10. The molecular weight excluding hydrogens is 382 g/mol. The van der Waals surface area contributed by atoms with E-state index in [-0.39, 0.29) is 18.0 Å². The largest absolute Gasteiger partial charge is 0.352 e. The van der Waals surface area contributed by atoms with Crippen molar-refractivity contribution in [1.82, 2.24) is 19.9 Å². The van der Waals surface area contributed by atoms with Gasteiger partial charge in [0.15, 0.2) is 0 Å². The van der Waals surface area contributed by atoms with Gasteiger partial charge in [-0.3, -0.25) is 9.78 Å². The summed E-state index contributed by atoms with van der Waals surface area (Å²) >= 11 is 3.39. The first-order valence-electron chi connectivity index (χ1n) is 8.69. The van der Waals surface area contributed by atoms with Gasteiger partial charge in [0.1, 0.15) is 12.1 Å². The summed E-state index contributed by atoms with van der Waals surface area (Å²) < 4.78 is 0.833. The molecule has 128 valence electrons. The number of piperazine rings is 1. The summed E-state index contributed by atoms with van der Waals surface area (Å²) in [4.78, 5) is 30.1. The Morgan fingerprint density at radius 3 is 2.64 bits per heavy atom. The van der Waals surface area contributed by atoms with Crippen LogP contribution in [-0.2, 0) is 0 Å². The monoisotopic (exact) mass is 399 g/mol. The number of aromatic nitrogens is 3. The zero-order valence-electron chi connectivity index (χ0n) is 13.7. The Kier molecular flexibility index (Phi) is 3.51. The molecule has 0 spiro atoms. The molecule has 2 unspecified atom stereocenters. The zero-order valence-corrected chi connectivity index (χ0v) is 15.3. The molecule has 25 heavy (non-hydrogen) atoms. The van der Waals surface area contributed by atoms with Crippen LogP contribution in [0.5, 0.6) is 0 Å². The summed E-state index contributed by atoms with van der Waals surface area (Å²) in [5.41, 5.74) is 1.81. The second-order valence-corrected chi connectivity index (χ2v) is 8.04. The molecule has 3 saturated heterocycles. The second-order valence-electron chi connectivity index (χ2n) is 7.13. The number of piperidine rings is 1. The minimum Gasteiger partial charge on any atom is -0.352 e. The van der Waals surface area contributed by atoms with Crippen LogP contribution in [-0.4, -0.2) is 50.9 Å². The van der Waals surface area contributed by atoms with Crippen LogP contribution in [0, 0.1) is 0 Å². The van der Waals surface area contributed by atoms with Crippen LogP contribution in [0.15, 0.2) is 35.3 Å². The minimum atomic E-state index is 0.0797. The van der Waals surface area contributed by atoms with E-state index in [9.17, 15) is 4.79 Å². The predicted octanol–water partition coefficient (Wildman–Crippen LogP) is 2.61. The molecule has 2 aromatic heterocycles. The summed E-state index contributed by atoms with van der Waals surface area (Å²) in [5.74, 6) is 1.71. The van der Waals surface area contributed by atoms with E-state index in [1.54, 1.807) is 18.7 Å². The fraction of sp³-hybridized carbons (Fsp3) is 0.444. The van der Waals surface area contributed by atoms with Gasteiger partial charge in [-0.15, -0.1) is 0 Å². The minimum absolute atomic E-state index is 0.0797. The fourth-order valence-electron chi connectivity index (χ4n) is 3.94. The van der Waals surface area contributed by atoms with Gasteiger partial charge in [-0.25, -0.2) is 9.97 Å². The van der Waals surface area contributed by atoms with Crippen molar-refractivity contribution in [1.29, 1.82) is 0 Å². The van der Waals surface area contributed by atoms with E-state index in [1.165, 1.54) is 12.8 Å². The molecule has 2 bridgehead atoms. The molecule has 6 nitrogen and oxygen atoms in total. The van der Waals surface area contributed by atoms with E-state index in [2.05, 4.69) is 41.8 Å². The number of nitrogens with zero attached hydrogens (tertiary/aromatic N) is 5. The third-order valence-electron chi connectivity index (χ3n) is 5.37. The Morgan fingerprint density at radius 2 is 1.92 bits per heavy atom. The summed E-state index contributed by atoms with van der Waals surface area (Å²) in [6.45, 7) is 1.68. The Morgan fingerprint density at radius 1 is 1.12 bits per heavy atom. The van der Waals surface area contributed by atoms with Gasteiger partial charge in [-0.05, 0) is 41.3 Å². The van der Waals surface area contributed by atoms with Crippen molar-refractivity contribution in [2.45, 2.75) is 37.3 Å². The molecule has 2 atom stereocenters. The lowest BCUT2D eigenvalue weighted by Gasteiger charge is -2.56. The molecular formula is C18H18BrN5O. The standard InChI is InChI=1S/C18H18BrN5O/c19-13-3-12(6-20-7-13)18(25)24-14-4-15(24)9-23(8-14)17-5-16(11-1-2-11)21-10-22-17/h3,5-7,10-11,14-15H,1-2,4,8-9H2. The van der Waals surface area contributed by atoms with Crippen LogP contribution in [0.3, 0.4) is 0 Å². The summed E-state index contributed by atoms with van der Waals surface area (Å²) in [7, 11) is 0. The average molecular weight is 400 g/mol. The molecule has 6 rings (SSSR count). The number of rotatable bonds is 3. The lowest BCUT2D eigenvalue weighted by atomic mass is 9.86. The molecule has 1 saturated carbocycles. The zero-order chi connectivity index (χ0) is 17.0. The molecule has 7 heteroatoms. The van der Waals surface area contributed by atoms with Gasteiger partial charge in [-0.2, -0.15) is 0 Å². The molecule has 0 aromatic carbocycles. The highest BCUT2D eigenvalue weighted by Gasteiger charge is 2.47. The van der Waals surface area contributed by atoms with Crippen LogP contribution in [0.2, 0.25) is 0 Å². The van der Waals surface area contributed by atoms with Crippen LogP contribution >= 0.6 is 15.9 Å². The van der Waals surface area contributed by atoms with Gasteiger partial charge in [0.05, 0.1) is 17.6 Å². The summed E-state index contributed by atoms with van der Waals surface area (Å²) in [6, 6.07) is 4.48. The van der Waals surface area contributed by atoms with Gasteiger partial charge >= 0.3 is 0 Å². The maximum atomic E-state index is 12.8. The van der Waals surface area contributed by atoms with Gasteiger partial charge in [0.25, 0.3) is 5.91 Å². The van der Waals surface area contributed by atoms with Crippen LogP contribution in [0.1, 0.15) is 41.2 Å². The smallest absolute Gasteiger partial charge is 0.256 e. The van der Waals surface area contributed by atoms with Crippen molar-refractivity contribution in [2.75, 3.05) is 18.0 Å². The molecule has 5 heterocycles. The van der Waals surface area contributed by atoms with Crippen molar-refractivity contribution in [2.24, 2.45) is 0 Å². The fourth-order valence-corrected chi connectivity index (χ4v) is 4.31. The van der Waals surface area contributed by atoms with E-state index in [4.69, 9.17) is 0 Å². The van der Waals surface area contributed by atoms with E-state index in [0.717, 1.165) is 35.5 Å². The maximum absolute atomic E-state index is 12.8. The van der Waals surface area contributed by atoms with E-state index < -0.39 is 0 Å².